The Labute approximate surface area is 182 Å². The zero-order valence-corrected chi connectivity index (χ0v) is 19.3. The minimum atomic E-state index is 0.0123. The van der Waals surface area contributed by atoms with Gasteiger partial charge in [-0.05, 0) is 62.1 Å². The second-order valence-corrected chi connectivity index (χ2v) is 8.35. The van der Waals surface area contributed by atoms with E-state index in [4.69, 9.17) is 14.5 Å². The van der Waals surface area contributed by atoms with E-state index in [1.165, 1.54) is 5.56 Å². The number of aliphatic hydroxyl groups excluding tert-OH is 1. The normalized spacial score (nSPS) is 16.9. The van der Waals surface area contributed by atoms with Crippen molar-refractivity contribution in [2.24, 2.45) is 10.4 Å². The maximum atomic E-state index is 9.50. The van der Waals surface area contributed by atoms with Crippen molar-refractivity contribution in [3.8, 4) is 5.75 Å². The highest BCUT2D eigenvalue weighted by Crippen LogP contribution is 2.35. The average Bonchev–Trinajstić information content (AvgIpc) is 2.80. The lowest BCUT2D eigenvalue weighted by Crippen LogP contribution is -2.48. The van der Waals surface area contributed by atoms with Gasteiger partial charge in [0.05, 0.1) is 7.11 Å². The maximum Gasteiger partial charge on any atom is 0.191 e. The summed E-state index contributed by atoms with van der Waals surface area (Å²) >= 11 is 0. The van der Waals surface area contributed by atoms with Gasteiger partial charge in [-0.25, -0.2) is 0 Å². The van der Waals surface area contributed by atoms with Crippen LogP contribution in [0.2, 0.25) is 0 Å². The Morgan fingerprint density at radius 3 is 2.33 bits per heavy atom. The van der Waals surface area contributed by atoms with Crippen LogP contribution in [0.3, 0.4) is 0 Å². The molecule has 1 aromatic rings. The van der Waals surface area contributed by atoms with E-state index in [-0.39, 0.29) is 17.4 Å². The first-order valence-electron chi connectivity index (χ1n) is 11.4. The lowest BCUT2D eigenvalue weighted by atomic mass is 9.74. The van der Waals surface area contributed by atoms with Crippen molar-refractivity contribution in [2.75, 3.05) is 46.6 Å². The summed E-state index contributed by atoms with van der Waals surface area (Å²) in [6.45, 7) is 10.6. The molecule has 0 unspecified atom stereocenters. The minimum absolute atomic E-state index is 0.0123. The van der Waals surface area contributed by atoms with E-state index in [1.54, 1.807) is 7.11 Å². The number of guanidine groups is 1. The summed E-state index contributed by atoms with van der Waals surface area (Å²) < 4.78 is 11.0. The molecule has 1 fully saturated rings. The van der Waals surface area contributed by atoms with Crippen LogP contribution in [0, 0.1) is 5.41 Å². The predicted molar refractivity (Wildman–Crippen MR) is 123 cm³/mol. The first-order chi connectivity index (χ1) is 14.6. The van der Waals surface area contributed by atoms with Gasteiger partial charge in [-0.3, -0.25) is 4.99 Å². The predicted octanol–water partition coefficient (Wildman–Crippen LogP) is 3.49. The van der Waals surface area contributed by atoms with Crippen LogP contribution in [0.5, 0.6) is 5.75 Å². The van der Waals surface area contributed by atoms with Crippen LogP contribution >= 0.6 is 0 Å². The molecule has 0 spiro atoms. The molecule has 1 heterocycles. The fraction of sp³-hybridized carbons (Fsp3) is 0.708. The third-order valence-corrected chi connectivity index (χ3v) is 6.81. The number of nitrogens with zero attached hydrogens (tertiary/aromatic N) is 1. The van der Waals surface area contributed by atoms with Gasteiger partial charge in [0.15, 0.2) is 5.96 Å². The first-order valence-corrected chi connectivity index (χ1v) is 11.4. The molecule has 0 radical (unpaired) electrons. The number of rotatable bonds is 11. The summed E-state index contributed by atoms with van der Waals surface area (Å²) in [5.74, 6) is 1.73. The van der Waals surface area contributed by atoms with Crippen LogP contribution in [0.4, 0.5) is 0 Å². The SMILES string of the molecule is CCNC(=NCC(CC)(CC)CCO)NCC1(c2ccc(OC)cc2)CCOCC1. The summed E-state index contributed by atoms with van der Waals surface area (Å²) in [7, 11) is 1.70. The average molecular weight is 420 g/mol. The molecule has 0 bridgehead atoms. The van der Waals surface area contributed by atoms with E-state index in [9.17, 15) is 5.11 Å². The molecule has 0 aliphatic carbocycles. The molecule has 1 aliphatic rings. The van der Waals surface area contributed by atoms with Crippen LogP contribution in [0.25, 0.3) is 0 Å². The second-order valence-electron chi connectivity index (χ2n) is 8.35. The van der Waals surface area contributed by atoms with Gasteiger partial charge >= 0.3 is 0 Å². The Morgan fingerprint density at radius 1 is 1.13 bits per heavy atom. The number of methoxy groups -OCH3 is 1. The molecule has 170 valence electrons. The van der Waals surface area contributed by atoms with E-state index in [0.717, 1.165) is 70.1 Å². The van der Waals surface area contributed by atoms with Gasteiger partial charge in [0.2, 0.25) is 0 Å². The van der Waals surface area contributed by atoms with Crippen molar-refractivity contribution in [3.05, 3.63) is 29.8 Å². The molecule has 1 aliphatic heterocycles. The third kappa shape index (κ3) is 6.35. The lowest BCUT2D eigenvalue weighted by Gasteiger charge is -2.38. The largest absolute Gasteiger partial charge is 0.497 e. The molecular formula is C24H41N3O3. The van der Waals surface area contributed by atoms with Gasteiger partial charge < -0.3 is 25.2 Å². The summed E-state index contributed by atoms with van der Waals surface area (Å²) in [6, 6.07) is 8.43. The number of ether oxygens (including phenoxy) is 2. The van der Waals surface area contributed by atoms with E-state index in [1.807, 2.05) is 12.1 Å². The van der Waals surface area contributed by atoms with E-state index in [2.05, 4.69) is 43.5 Å². The molecule has 0 saturated carbocycles. The number of nitrogens with one attached hydrogen (secondary N) is 2. The van der Waals surface area contributed by atoms with Crippen molar-refractivity contribution in [1.82, 2.24) is 10.6 Å². The summed E-state index contributed by atoms with van der Waals surface area (Å²) in [6.07, 6.45) is 4.77. The highest BCUT2D eigenvalue weighted by Gasteiger charge is 2.35. The monoisotopic (exact) mass is 419 g/mol. The van der Waals surface area contributed by atoms with Crippen molar-refractivity contribution in [3.63, 3.8) is 0 Å². The fourth-order valence-corrected chi connectivity index (χ4v) is 4.26. The fourth-order valence-electron chi connectivity index (χ4n) is 4.26. The van der Waals surface area contributed by atoms with Crippen molar-refractivity contribution >= 4 is 5.96 Å². The van der Waals surface area contributed by atoms with Gasteiger partial charge in [0.25, 0.3) is 0 Å². The van der Waals surface area contributed by atoms with Crippen molar-refractivity contribution in [2.45, 2.75) is 58.3 Å². The molecule has 0 atom stereocenters. The molecule has 30 heavy (non-hydrogen) atoms. The van der Waals surface area contributed by atoms with Gasteiger partial charge in [-0.15, -0.1) is 0 Å². The van der Waals surface area contributed by atoms with Gasteiger partial charge in [-0.2, -0.15) is 0 Å². The van der Waals surface area contributed by atoms with E-state index in [0.29, 0.717) is 6.54 Å². The molecule has 0 amide bonds. The van der Waals surface area contributed by atoms with Crippen LogP contribution in [-0.2, 0) is 10.2 Å². The third-order valence-electron chi connectivity index (χ3n) is 6.81. The molecule has 6 nitrogen and oxygen atoms in total. The zero-order valence-electron chi connectivity index (χ0n) is 19.3. The highest BCUT2D eigenvalue weighted by molar-refractivity contribution is 5.79. The Kier molecular flexibility index (Phi) is 9.92. The standard InChI is InChI=1S/C24H41N3O3/c1-5-23(6-2,12-15-28)18-26-22(25-7-3)27-19-24(13-16-30-17-14-24)20-8-10-21(29-4)11-9-20/h8-11,28H,5-7,12-19H2,1-4H3,(H2,25,26,27). The number of benzene rings is 1. The van der Waals surface area contributed by atoms with Gasteiger partial charge in [0.1, 0.15) is 5.75 Å². The first kappa shape index (κ1) is 24.5. The second kappa shape index (κ2) is 12.2. The highest BCUT2D eigenvalue weighted by atomic mass is 16.5. The Balaban J connectivity index is 2.17. The van der Waals surface area contributed by atoms with Gasteiger partial charge in [0, 0.05) is 44.9 Å². The van der Waals surface area contributed by atoms with E-state index < -0.39 is 0 Å². The number of hydrogen-bond donors (Lipinski definition) is 3. The Hall–Kier alpha value is -1.79. The van der Waals surface area contributed by atoms with Crippen molar-refractivity contribution < 1.29 is 14.6 Å². The maximum absolute atomic E-state index is 9.50. The summed E-state index contributed by atoms with van der Waals surface area (Å²) in [5, 5.41) is 16.5. The van der Waals surface area contributed by atoms with Crippen LogP contribution in [-0.4, -0.2) is 57.6 Å². The Bertz CT molecular complexity index is 636. The number of hydrogen-bond acceptors (Lipinski definition) is 4. The number of aliphatic hydroxyl groups is 1. The molecule has 6 heteroatoms. The quantitative estimate of drug-likeness (QED) is 0.378. The zero-order chi connectivity index (χ0) is 21.9. The molecule has 0 aromatic heterocycles. The lowest BCUT2D eigenvalue weighted by molar-refractivity contribution is 0.0513. The van der Waals surface area contributed by atoms with Crippen LogP contribution in [0.15, 0.2) is 29.3 Å². The topological polar surface area (TPSA) is 75.1 Å². The Morgan fingerprint density at radius 2 is 1.80 bits per heavy atom. The summed E-state index contributed by atoms with van der Waals surface area (Å²) in [5.41, 5.74) is 1.38. The van der Waals surface area contributed by atoms with Crippen LogP contribution in [0.1, 0.15) is 58.4 Å². The molecule has 1 saturated heterocycles. The minimum Gasteiger partial charge on any atom is -0.497 e. The smallest absolute Gasteiger partial charge is 0.191 e. The van der Waals surface area contributed by atoms with Gasteiger partial charge in [-0.1, -0.05) is 26.0 Å². The molecular weight excluding hydrogens is 378 g/mol. The van der Waals surface area contributed by atoms with Crippen molar-refractivity contribution in [1.29, 1.82) is 0 Å². The summed E-state index contributed by atoms with van der Waals surface area (Å²) in [4.78, 5) is 4.91. The molecule has 2 rings (SSSR count). The number of aliphatic imine (C=N–C) groups is 1. The van der Waals surface area contributed by atoms with Crippen LogP contribution < -0.4 is 15.4 Å². The van der Waals surface area contributed by atoms with E-state index >= 15 is 0 Å². The molecule has 1 aromatic carbocycles. The molecule has 3 N–H and O–H groups in total.